The summed E-state index contributed by atoms with van der Waals surface area (Å²) >= 11 is 1.24. The van der Waals surface area contributed by atoms with Crippen LogP contribution in [0.4, 0.5) is 5.82 Å². The second-order valence-electron chi connectivity index (χ2n) is 5.76. The molecule has 0 unspecified atom stereocenters. The number of thioether (sulfide) groups is 1. The number of hydrogen-bond donors (Lipinski definition) is 1. The fourth-order valence-corrected chi connectivity index (χ4v) is 3.33. The normalized spacial score (nSPS) is 11.9. The number of carbonyl (C=O) groups is 1. The molecule has 1 atom stereocenters. The SMILES string of the molecule is CC(C)N(C(=O)[C@H](C)Sc1[nH+]c(N)c(C#N)cc1C#N)C(C)C. The van der Waals surface area contributed by atoms with Crippen molar-refractivity contribution in [2.75, 3.05) is 5.73 Å². The monoisotopic (exact) mass is 332 g/mol. The molecule has 0 saturated heterocycles. The number of hydrogen-bond acceptors (Lipinski definition) is 5. The largest absolute Gasteiger partial charge is 0.337 e. The standard InChI is InChI=1S/C16H21N5OS/c1-9(2)21(10(3)4)16(22)11(5)23-15-13(8-18)6-12(7-17)14(19)20-15/h6,9-11H,1-5H3,(H2,19,20)/p+1/t11-/m0/s1. The van der Waals surface area contributed by atoms with E-state index in [4.69, 9.17) is 11.0 Å². The molecule has 1 rings (SSSR count). The van der Waals surface area contributed by atoms with Gasteiger partial charge >= 0.3 is 0 Å². The highest BCUT2D eigenvalue weighted by Crippen LogP contribution is 2.26. The van der Waals surface area contributed by atoms with Crippen molar-refractivity contribution in [2.24, 2.45) is 0 Å². The van der Waals surface area contributed by atoms with Crippen LogP contribution >= 0.6 is 11.8 Å². The molecule has 6 nitrogen and oxygen atoms in total. The number of nitrogens with one attached hydrogen (secondary N) is 1. The van der Waals surface area contributed by atoms with Gasteiger partial charge in [-0.15, -0.1) is 0 Å². The summed E-state index contributed by atoms with van der Waals surface area (Å²) in [7, 11) is 0. The predicted molar refractivity (Wildman–Crippen MR) is 89.3 cm³/mol. The second-order valence-corrected chi connectivity index (χ2v) is 7.11. The fraction of sp³-hybridized carbons (Fsp3) is 0.500. The fourth-order valence-electron chi connectivity index (χ4n) is 2.36. The minimum atomic E-state index is -0.379. The van der Waals surface area contributed by atoms with Crippen LogP contribution in [0.3, 0.4) is 0 Å². The number of nitrogens with zero attached hydrogens (tertiary/aromatic N) is 3. The first-order valence-electron chi connectivity index (χ1n) is 7.37. The Labute approximate surface area is 141 Å². The third-order valence-electron chi connectivity index (χ3n) is 3.32. The van der Waals surface area contributed by atoms with Crippen molar-refractivity contribution in [3.05, 3.63) is 17.2 Å². The van der Waals surface area contributed by atoms with Crippen LogP contribution in [0.25, 0.3) is 0 Å². The van der Waals surface area contributed by atoms with Gasteiger partial charge in [0.15, 0.2) is 5.03 Å². The van der Waals surface area contributed by atoms with Crippen LogP contribution < -0.4 is 10.7 Å². The minimum Gasteiger partial charge on any atom is -0.337 e. The van der Waals surface area contributed by atoms with Crippen LogP contribution in [-0.4, -0.2) is 28.1 Å². The summed E-state index contributed by atoms with van der Waals surface area (Å²) in [5.74, 6) is 0.193. The van der Waals surface area contributed by atoms with E-state index in [-0.39, 0.29) is 34.6 Å². The van der Waals surface area contributed by atoms with Gasteiger partial charge in [0.25, 0.3) is 5.82 Å². The number of amides is 1. The molecule has 0 spiro atoms. The Morgan fingerprint density at radius 2 is 1.70 bits per heavy atom. The van der Waals surface area contributed by atoms with Crippen molar-refractivity contribution in [1.29, 1.82) is 10.5 Å². The highest BCUT2D eigenvalue weighted by atomic mass is 32.2. The molecule has 0 fully saturated rings. The number of nitriles is 2. The lowest BCUT2D eigenvalue weighted by molar-refractivity contribution is -0.410. The van der Waals surface area contributed by atoms with Gasteiger partial charge in [-0.1, -0.05) is 11.8 Å². The van der Waals surface area contributed by atoms with Crippen molar-refractivity contribution >= 4 is 23.5 Å². The zero-order valence-corrected chi connectivity index (χ0v) is 14.9. The molecule has 0 aliphatic carbocycles. The molecule has 1 aromatic rings. The van der Waals surface area contributed by atoms with E-state index in [0.29, 0.717) is 10.6 Å². The van der Waals surface area contributed by atoms with E-state index >= 15 is 0 Å². The van der Waals surface area contributed by atoms with E-state index in [0.717, 1.165) is 0 Å². The number of aromatic nitrogens is 1. The van der Waals surface area contributed by atoms with Gasteiger partial charge < -0.3 is 4.90 Å². The summed E-state index contributed by atoms with van der Waals surface area (Å²) < 4.78 is 0. The van der Waals surface area contributed by atoms with Gasteiger partial charge in [0, 0.05) is 12.1 Å². The Bertz CT molecular complexity index is 664. The Morgan fingerprint density at radius 3 is 2.13 bits per heavy atom. The zero-order chi connectivity index (χ0) is 17.7. The summed E-state index contributed by atoms with van der Waals surface area (Å²) in [5.41, 5.74) is 6.29. The van der Waals surface area contributed by atoms with Crippen molar-refractivity contribution in [3.63, 3.8) is 0 Å². The van der Waals surface area contributed by atoms with Gasteiger partial charge in [0.1, 0.15) is 23.3 Å². The molecule has 1 aromatic heterocycles. The lowest BCUT2D eigenvalue weighted by atomic mass is 10.2. The summed E-state index contributed by atoms with van der Waals surface area (Å²) in [5, 5.41) is 18.3. The molecule has 1 amide bonds. The van der Waals surface area contributed by atoms with Crippen LogP contribution in [0, 0.1) is 22.7 Å². The van der Waals surface area contributed by atoms with E-state index in [2.05, 4.69) is 4.98 Å². The molecule has 0 saturated carbocycles. The maximum atomic E-state index is 12.7. The number of carbonyl (C=O) groups excluding carboxylic acids is 1. The molecule has 122 valence electrons. The summed E-state index contributed by atoms with van der Waals surface area (Å²) in [6, 6.07) is 5.59. The average Bonchev–Trinajstić information content (AvgIpc) is 2.46. The lowest BCUT2D eigenvalue weighted by Gasteiger charge is -2.32. The van der Waals surface area contributed by atoms with Crippen LogP contribution in [0.1, 0.15) is 45.7 Å². The average molecular weight is 332 g/mol. The molecule has 0 aliphatic heterocycles. The first kappa shape index (κ1) is 18.8. The zero-order valence-electron chi connectivity index (χ0n) is 14.0. The van der Waals surface area contributed by atoms with Gasteiger partial charge in [0.05, 0.1) is 5.25 Å². The smallest absolute Gasteiger partial charge is 0.289 e. The molecule has 7 heteroatoms. The van der Waals surface area contributed by atoms with E-state index < -0.39 is 0 Å². The van der Waals surface area contributed by atoms with Crippen molar-refractivity contribution in [2.45, 2.75) is 57.0 Å². The molecule has 0 aliphatic rings. The van der Waals surface area contributed by atoms with E-state index in [1.807, 2.05) is 44.7 Å². The van der Waals surface area contributed by atoms with Crippen molar-refractivity contribution < 1.29 is 9.78 Å². The molecular weight excluding hydrogens is 310 g/mol. The summed E-state index contributed by atoms with van der Waals surface area (Å²) in [4.78, 5) is 17.3. The van der Waals surface area contributed by atoms with Gasteiger partial charge in [0.2, 0.25) is 5.91 Å². The Balaban J connectivity index is 3.08. The number of nitrogens with two attached hydrogens (primary N) is 1. The van der Waals surface area contributed by atoms with Gasteiger partial charge in [-0.25, -0.2) is 4.98 Å². The van der Waals surface area contributed by atoms with Crippen molar-refractivity contribution in [1.82, 2.24) is 4.90 Å². The van der Waals surface area contributed by atoms with Crippen LogP contribution in [0.15, 0.2) is 11.1 Å². The molecule has 23 heavy (non-hydrogen) atoms. The summed E-state index contributed by atoms with van der Waals surface area (Å²) in [6.07, 6.45) is 0. The third kappa shape index (κ3) is 4.37. The van der Waals surface area contributed by atoms with E-state index in [1.165, 1.54) is 17.8 Å². The van der Waals surface area contributed by atoms with Crippen molar-refractivity contribution in [3.8, 4) is 12.1 Å². The van der Waals surface area contributed by atoms with Gasteiger partial charge in [-0.2, -0.15) is 10.5 Å². The van der Waals surface area contributed by atoms with Gasteiger partial charge in [-0.3, -0.25) is 10.5 Å². The number of pyridine rings is 1. The molecule has 0 radical (unpaired) electrons. The Hall–Kier alpha value is -2.25. The predicted octanol–water partition coefficient (Wildman–Crippen LogP) is 1.95. The topological polar surface area (TPSA) is 108 Å². The molecule has 3 N–H and O–H groups in total. The third-order valence-corrected chi connectivity index (χ3v) is 4.43. The van der Waals surface area contributed by atoms with Crippen LogP contribution in [0.5, 0.6) is 0 Å². The first-order chi connectivity index (χ1) is 10.7. The van der Waals surface area contributed by atoms with Crippen LogP contribution in [0.2, 0.25) is 0 Å². The number of anilines is 1. The second kappa shape index (κ2) is 7.85. The minimum absolute atomic E-state index is 0.000205. The number of aromatic amines is 1. The lowest BCUT2D eigenvalue weighted by Crippen LogP contribution is -2.45. The molecular formula is C16H22N5OS+. The van der Waals surface area contributed by atoms with E-state index in [9.17, 15) is 10.1 Å². The van der Waals surface area contributed by atoms with Crippen LogP contribution in [-0.2, 0) is 4.79 Å². The molecule has 0 aromatic carbocycles. The molecule has 0 bridgehead atoms. The number of rotatable bonds is 5. The summed E-state index contributed by atoms with van der Waals surface area (Å²) in [6.45, 7) is 9.70. The number of nitrogen functional groups attached to an aromatic ring is 1. The van der Waals surface area contributed by atoms with Gasteiger partial charge in [-0.05, 0) is 40.7 Å². The maximum absolute atomic E-state index is 12.7. The number of H-pyrrole nitrogens is 1. The quantitative estimate of drug-likeness (QED) is 0.829. The Morgan fingerprint density at radius 1 is 1.17 bits per heavy atom. The highest BCUT2D eigenvalue weighted by molar-refractivity contribution is 8.00. The Kier molecular flexibility index (Phi) is 6.41. The molecule has 1 heterocycles. The first-order valence-corrected chi connectivity index (χ1v) is 8.25. The van der Waals surface area contributed by atoms with E-state index in [1.54, 1.807) is 6.92 Å². The highest BCUT2D eigenvalue weighted by Gasteiger charge is 2.28. The maximum Gasteiger partial charge on any atom is 0.289 e.